The maximum atomic E-state index is 12.2. The monoisotopic (exact) mass is 258 g/mol. The molecule has 1 aliphatic carbocycles. The number of halogens is 2. The third kappa shape index (κ3) is 1.86. The zero-order valence-electron chi connectivity index (χ0n) is 8.93. The highest BCUT2D eigenvalue weighted by Crippen LogP contribution is 2.38. The van der Waals surface area contributed by atoms with Crippen LogP contribution in [-0.4, -0.2) is 18.5 Å². The van der Waals surface area contributed by atoms with E-state index in [1.807, 2.05) is 0 Å². The van der Waals surface area contributed by atoms with Crippen molar-refractivity contribution in [1.82, 2.24) is 0 Å². The number of ketones is 1. The van der Waals surface area contributed by atoms with Gasteiger partial charge in [0.05, 0.1) is 10.0 Å². The topological polar surface area (TPSA) is 26.3 Å². The highest BCUT2D eigenvalue weighted by molar-refractivity contribution is 6.42. The van der Waals surface area contributed by atoms with Crippen molar-refractivity contribution >= 4 is 29.0 Å². The number of carbonyl (C=O) groups is 1. The predicted molar refractivity (Wildman–Crippen MR) is 64.4 cm³/mol. The summed E-state index contributed by atoms with van der Waals surface area (Å²) in [5.74, 6) is -0.000170. The molecule has 0 bridgehead atoms. The summed E-state index contributed by atoms with van der Waals surface area (Å²) in [7, 11) is 1.58. The minimum atomic E-state index is -0.628. The summed E-state index contributed by atoms with van der Waals surface area (Å²) in [6, 6.07) is 4.93. The van der Waals surface area contributed by atoms with Gasteiger partial charge in [-0.3, -0.25) is 4.79 Å². The van der Waals surface area contributed by atoms with E-state index in [0.717, 1.165) is 19.3 Å². The van der Waals surface area contributed by atoms with Gasteiger partial charge in [-0.1, -0.05) is 23.2 Å². The smallest absolute Gasteiger partial charge is 0.194 e. The zero-order chi connectivity index (χ0) is 11.8. The lowest BCUT2D eigenvalue weighted by Crippen LogP contribution is -2.47. The molecule has 0 saturated heterocycles. The summed E-state index contributed by atoms with van der Waals surface area (Å²) < 4.78 is 5.33. The van der Waals surface area contributed by atoms with Crippen LogP contribution in [0.3, 0.4) is 0 Å². The zero-order valence-corrected chi connectivity index (χ0v) is 10.4. The van der Waals surface area contributed by atoms with Crippen LogP contribution in [0.4, 0.5) is 0 Å². The van der Waals surface area contributed by atoms with E-state index < -0.39 is 5.60 Å². The molecule has 1 aromatic rings. The lowest BCUT2D eigenvalue weighted by molar-refractivity contribution is -0.0448. The Bertz CT molecular complexity index is 420. The molecule has 16 heavy (non-hydrogen) atoms. The third-order valence-corrected chi connectivity index (χ3v) is 3.89. The van der Waals surface area contributed by atoms with Crippen molar-refractivity contribution < 1.29 is 9.53 Å². The summed E-state index contributed by atoms with van der Waals surface area (Å²) in [5.41, 5.74) is -0.0621. The third-order valence-electron chi connectivity index (χ3n) is 3.15. The number of hydrogen-bond donors (Lipinski definition) is 0. The van der Waals surface area contributed by atoms with E-state index in [2.05, 4.69) is 0 Å². The van der Waals surface area contributed by atoms with Gasteiger partial charge >= 0.3 is 0 Å². The Hall–Kier alpha value is -0.570. The first kappa shape index (κ1) is 11.9. The van der Waals surface area contributed by atoms with Gasteiger partial charge in [0.25, 0.3) is 0 Å². The van der Waals surface area contributed by atoms with Crippen molar-refractivity contribution in [3.8, 4) is 0 Å². The molecule has 1 aliphatic rings. The van der Waals surface area contributed by atoms with Crippen LogP contribution in [0.15, 0.2) is 18.2 Å². The Balaban J connectivity index is 2.30. The van der Waals surface area contributed by atoms with Crippen molar-refractivity contribution in [2.45, 2.75) is 24.9 Å². The van der Waals surface area contributed by atoms with Crippen molar-refractivity contribution in [3.05, 3.63) is 33.8 Å². The van der Waals surface area contributed by atoms with E-state index in [4.69, 9.17) is 27.9 Å². The normalized spacial score (nSPS) is 17.9. The van der Waals surface area contributed by atoms with Crippen LogP contribution in [0.2, 0.25) is 10.0 Å². The van der Waals surface area contributed by atoms with Crippen LogP contribution in [0, 0.1) is 0 Å². The van der Waals surface area contributed by atoms with Gasteiger partial charge in [0.1, 0.15) is 5.60 Å². The van der Waals surface area contributed by atoms with Gasteiger partial charge in [-0.05, 0) is 37.5 Å². The standard InChI is InChI=1S/C12H12Cl2O2/c1-16-12(5-2-6-12)11(15)8-3-4-9(13)10(14)7-8/h3-4,7H,2,5-6H2,1H3. The van der Waals surface area contributed by atoms with E-state index in [1.165, 1.54) is 0 Å². The molecule has 86 valence electrons. The number of rotatable bonds is 3. The highest BCUT2D eigenvalue weighted by atomic mass is 35.5. The molecule has 1 saturated carbocycles. The fraction of sp³-hybridized carbons (Fsp3) is 0.417. The largest absolute Gasteiger partial charge is 0.370 e. The molecular weight excluding hydrogens is 247 g/mol. The molecule has 0 atom stereocenters. The summed E-state index contributed by atoms with van der Waals surface area (Å²) in [6.07, 6.45) is 2.59. The summed E-state index contributed by atoms with van der Waals surface area (Å²) in [6.45, 7) is 0. The highest BCUT2D eigenvalue weighted by Gasteiger charge is 2.44. The van der Waals surface area contributed by atoms with Crippen molar-refractivity contribution in [2.24, 2.45) is 0 Å². The molecular formula is C12H12Cl2O2. The van der Waals surface area contributed by atoms with Crippen molar-refractivity contribution in [3.63, 3.8) is 0 Å². The number of ether oxygens (including phenoxy) is 1. The van der Waals surface area contributed by atoms with Crippen LogP contribution >= 0.6 is 23.2 Å². The summed E-state index contributed by atoms with van der Waals surface area (Å²) >= 11 is 11.7. The number of benzene rings is 1. The van der Waals surface area contributed by atoms with E-state index >= 15 is 0 Å². The molecule has 0 spiro atoms. The molecule has 0 unspecified atom stereocenters. The summed E-state index contributed by atoms with van der Waals surface area (Å²) in [4.78, 5) is 12.2. The summed E-state index contributed by atoms with van der Waals surface area (Å²) in [5, 5.41) is 0.858. The van der Waals surface area contributed by atoms with Crippen LogP contribution in [0.5, 0.6) is 0 Å². The molecule has 0 aliphatic heterocycles. The molecule has 0 radical (unpaired) electrons. The first-order chi connectivity index (χ1) is 7.59. The molecule has 4 heteroatoms. The Morgan fingerprint density at radius 1 is 1.31 bits per heavy atom. The maximum Gasteiger partial charge on any atom is 0.194 e. The van der Waals surface area contributed by atoms with Gasteiger partial charge in [-0.2, -0.15) is 0 Å². The number of carbonyl (C=O) groups excluding carboxylic acids is 1. The van der Waals surface area contributed by atoms with Crippen molar-refractivity contribution in [2.75, 3.05) is 7.11 Å². The minimum absolute atomic E-state index is 0.000170. The minimum Gasteiger partial charge on any atom is -0.370 e. The predicted octanol–water partition coefficient (Wildman–Crippen LogP) is 3.75. The van der Waals surface area contributed by atoms with Gasteiger partial charge in [-0.25, -0.2) is 0 Å². The average Bonchev–Trinajstić information content (AvgIpc) is 2.21. The second-order valence-corrected chi connectivity index (χ2v) is 4.82. The van der Waals surface area contributed by atoms with Crippen LogP contribution in [0.1, 0.15) is 29.6 Å². The lowest BCUT2D eigenvalue weighted by atomic mass is 9.75. The van der Waals surface area contributed by atoms with E-state index in [9.17, 15) is 4.79 Å². The Morgan fingerprint density at radius 2 is 2.00 bits per heavy atom. The molecule has 0 heterocycles. The second-order valence-electron chi connectivity index (χ2n) is 4.01. The van der Waals surface area contributed by atoms with Gasteiger partial charge in [0.2, 0.25) is 0 Å². The Kier molecular flexibility index (Phi) is 3.24. The van der Waals surface area contributed by atoms with Gasteiger partial charge in [0, 0.05) is 12.7 Å². The van der Waals surface area contributed by atoms with Gasteiger partial charge in [-0.15, -0.1) is 0 Å². The van der Waals surface area contributed by atoms with Crippen LogP contribution in [0.25, 0.3) is 0 Å². The quantitative estimate of drug-likeness (QED) is 0.773. The van der Waals surface area contributed by atoms with Gasteiger partial charge < -0.3 is 4.74 Å². The van der Waals surface area contributed by atoms with E-state index in [-0.39, 0.29) is 5.78 Å². The fourth-order valence-corrected chi connectivity index (χ4v) is 2.22. The number of methoxy groups -OCH3 is 1. The first-order valence-corrected chi connectivity index (χ1v) is 5.90. The Morgan fingerprint density at radius 3 is 2.44 bits per heavy atom. The number of hydrogen-bond acceptors (Lipinski definition) is 2. The molecule has 0 aromatic heterocycles. The SMILES string of the molecule is COC1(C(=O)c2ccc(Cl)c(Cl)c2)CCC1. The molecule has 1 fully saturated rings. The molecule has 0 amide bonds. The average molecular weight is 259 g/mol. The van der Waals surface area contributed by atoms with E-state index in [1.54, 1.807) is 25.3 Å². The first-order valence-electron chi connectivity index (χ1n) is 5.14. The molecule has 2 nitrogen and oxygen atoms in total. The maximum absolute atomic E-state index is 12.2. The number of Topliss-reactive ketones (excluding diaryl/α,β-unsaturated/α-hetero) is 1. The molecule has 2 rings (SSSR count). The van der Waals surface area contributed by atoms with E-state index in [0.29, 0.717) is 15.6 Å². The fourth-order valence-electron chi connectivity index (χ4n) is 1.92. The Labute approximate surface area is 104 Å². The lowest BCUT2D eigenvalue weighted by Gasteiger charge is -2.38. The van der Waals surface area contributed by atoms with Crippen LogP contribution in [-0.2, 0) is 4.74 Å². The van der Waals surface area contributed by atoms with Crippen LogP contribution < -0.4 is 0 Å². The van der Waals surface area contributed by atoms with Gasteiger partial charge in [0.15, 0.2) is 5.78 Å². The second kappa shape index (κ2) is 4.36. The van der Waals surface area contributed by atoms with Crippen molar-refractivity contribution in [1.29, 1.82) is 0 Å². The molecule has 1 aromatic carbocycles. The molecule has 0 N–H and O–H groups in total.